The van der Waals surface area contributed by atoms with Crippen LogP contribution < -0.4 is 18.9 Å². The molecular formula is C54H56O6. The van der Waals surface area contributed by atoms with Crippen LogP contribution in [-0.2, 0) is 25.7 Å². The maximum Gasteiger partial charge on any atom is 0.343 e. The van der Waals surface area contributed by atoms with E-state index in [2.05, 4.69) is 38.1 Å². The number of unbranched alkanes of at least 4 members (excludes halogenated alkanes) is 6. The molecule has 4 aliphatic carbocycles. The van der Waals surface area contributed by atoms with E-state index in [1.807, 2.05) is 109 Å². The summed E-state index contributed by atoms with van der Waals surface area (Å²) in [6, 6.07) is 43.6. The van der Waals surface area contributed by atoms with Crippen LogP contribution >= 0.6 is 0 Å². The molecule has 0 radical (unpaired) electrons. The summed E-state index contributed by atoms with van der Waals surface area (Å²) in [7, 11) is 0. The summed E-state index contributed by atoms with van der Waals surface area (Å²) in [5.74, 6) is 1.73. The van der Waals surface area contributed by atoms with Gasteiger partial charge < -0.3 is 18.9 Å². The first kappa shape index (κ1) is 42.0. The molecule has 6 heteroatoms. The molecular weight excluding hydrogens is 745 g/mol. The summed E-state index contributed by atoms with van der Waals surface area (Å²) in [5, 5.41) is 0. The standard InChI is InChI=1S/C54H56O6/c1-3-5-7-9-35-57-47-27-19-41(20-28-47)43-23-31-49(32-24-43)59-53(55)51-37-46-18-16-40-13-11-39(12-14-40)15-17-45(51)38-52(46)54(56)60-50-33-25-44(26-34-50)42-21-29-48(30-22-42)58-36-10-8-6-4-2/h11-14,19-34,37-38H,3-10,15-18,35-36H2,1-2H3. The number of esters is 2. The van der Waals surface area contributed by atoms with Gasteiger partial charge in [0.15, 0.2) is 0 Å². The maximum absolute atomic E-state index is 14.0. The highest BCUT2D eigenvalue weighted by atomic mass is 16.5. The van der Waals surface area contributed by atoms with E-state index >= 15 is 0 Å². The number of hydrogen-bond acceptors (Lipinski definition) is 6. The lowest BCUT2D eigenvalue weighted by atomic mass is 9.90. The predicted octanol–water partition coefficient (Wildman–Crippen LogP) is 13.3. The van der Waals surface area contributed by atoms with Crippen molar-refractivity contribution in [2.24, 2.45) is 0 Å². The normalized spacial score (nSPS) is 12.0. The molecule has 0 spiro atoms. The number of carbonyl (C=O) groups excluding carboxylic acids is 2. The van der Waals surface area contributed by atoms with E-state index < -0.39 is 11.9 Å². The van der Waals surface area contributed by atoms with E-state index in [0.29, 0.717) is 48.3 Å². The first-order chi connectivity index (χ1) is 29.4. The second-order valence-corrected chi connectivity index (χ2v) is 15.7. The highest BCUT2D eigenvalue weighted by Crippen LogP contribution is 2.30. The minimum Gasteiger partial charge on any atom is -0.494 e. The molecule has 0 heterocycles. The average Bonchev–Trinajstić information content (AvgIpc) is 3.28. The Hall–Kier alpha value is -6.14. The number of hydrogen-bond donors (Lipinski definition) is 0. The van der Waals surface area contributed by atoms with Gasteiger partial charge in [0.2, 0.25) is 0 Å². The minimum atomic E-state index is -0.451. The molecule has 6 nitrogen and oxygen atoms in total. The van der Waals surface area contributed by atoms with Crippen LogP contribution in [0.15, 0.2) is 133 Å². The molecule has 10 rings (SSSR count). The van der Waals surface area contributed by atoms with Crippen LogP contribution in [0.4, 0.5) is 0 Å². The second-order valence-electron chi connectivity index (χ2n) is 15.7. The van der Waals surface area contributed by atoms with E-state index in [9.17, 15) is 9.59 Å². The molecule has 0 saturated heterocycles. The van der Waals surface area contributed by atoms with E-state index in [0.717, 1.165) is 70.9 Å². The molecule has 60 heavy (non-hydrogen) atoms. The molecule has 6 aromatic carbocycles. The zero-order valence-corrected chi connectivity index (χ0v) is 35.1. The summed E-state index contributed by atoms with van der Waals surface area (Å²) >= 11 is 0. The van der Waals surface area contributed by atoms with Crippen LogP contribution in [0, 0.1) is 0 Å². The molecule has 0 saturated carbocycles. The van der Waals surface area contributed by atoms with Crippen molar-refractivity contribution >= 4 is 11.9 Å². The quantitative estimate of drug-likeness (QED) is 0.0490. The van der Waals surface area contributed by atoms with Gasteiger partial charge in [-0.1, -0.05) is 125 Å². The molecule has 308 valence electrons. The Labute approximate surface area is 355 Å². The minimum absolute atomic E-state index is 0.451. The first-order valence-electron chi connectivity index (χ1n) is 21.8. The van der Waals surface area contributed by atoms with Crippen molar-refractivity contribution in [2.75, 3.05) is 13.2 Å². The van der Waals surface area contributed by atoms with Crippen LogP contribution in [0.5, 0.6) is 23.0 Å². The van der Waals surface area contributed by atoms with Gasteiger partial charge in [0.05, 0.1) is 24.3 Å². The molecule has 4 aliphatic rings. The fraction of sp³-hybridized carbons (Fsp3) is 0.296. The van der Waals surface area contributed by atoms with Crippen LogP contribution in [0.25, 0.3) is 22.3 Å². The monoisotopic (exact) mass is 800 g/mol. The van der Waals surface area contributed by atoms with Crippen molar-refractivity contribution in [3.63, 3.8) is 0 Å². The molecule has 0 aromatic heterocycles. The highest BCUT2D eigenvalue weighted by molar-refractivity contribution is 5.98. The van der Waals surface area contributed by atoms with Gasteiger partial charge in [-0.15, -0.1) is 0 Å². The summed E-state index contributed by atoms with van der Waals surface area (Å²) in [4.78, 5) is 27.9. The third-order valence-corrected chi connectivity index (χ3v) is 11.2. The Morgan fingerprint density at radius 1 is 0.400 bits per heavy atom. The molecule has 0 N–H and O–H groups in total. The number of ether oxygens (including phenoxy) is 4. The lowest BCUT2D eigenvalue weighted by molar-refractivity contribution is 0.0718. The van der Waals surface area contributed by atoms with Gasteiger partial charge in [-0.2, -0.15) is 0 Å². The van der Waals surface area contributed by atoms with Crippen LogP contribution in [0.3, 0.4) is 0 Å². The van der Waals surface area contributed by atoms with Crippen LogP contribution in [-0.4, -0.2) is 25.2 Å². The maximum atomic E-state index is 14.0. The Bertz CT molecular complexity index is 2130. The van der Waals surface area contributed by atoms with Gasteiger partial charge in [0, 0.05) is 0 Å². The lowest BCUT2D eigenvalue weighted by Crippen LogP contribution is -2.18. The third-order valence-electron chi connectivity index (χ3n) is 11.2. The second kappa shape index (κ2) is 21.2. The Balaban J connectivity index is 1.04. The molecule has 0 amide bonds. The van der Waals surface area contributed by atoms with Gasteiger partial charge in [-0.3, -0.25) is 0 Å². The molecule has 0 aliphatic heterocycles. The van der Waals surface area contributed by atoms with Crippen molar-refractivity contribution < 1.29 is 28.5 Å². The van der Waals surface area contributed by atoms with E-state index in [1.54, 1.807) is 0 Å². The summed E-state index contributed by atoms with van der Waals surface area (Å²) in [5.41, 5.74) is 8.87. The van der Waals surface area contributed by atoms with Crippen molar-refractivity contribution in [2.45, 2.75) is 90.9 Å². The molecule has 6 aromatic rings. The smallest absolute Gasteiger partial charge is 0.343 e. The predicted molar refractivity (Wildman–Crippen MR) is 241 cm³/mol. The van der Waals surface area contributed by atoms with Gasteiger partial charge in [-0.05, 0) is 144 Å². The lowest BCUT2D eigenvalue weighted by Gasteiger charge is -2.17. The van der Waals surface area contributed by atoms with Crippen molar-refractivity contribution in [3.8, 4) is 45.3 Å². The Morgan fingerprint density at radius 2 is 0.733 bits per heavy atom. The van der Waals surface area contributed by atoms with Crippen molar-refractivity contribution in [3.05, 3.63) is 167 Å². The third kappa shape index (κ3) is 11.5. The molecule has 4 bridgehead atoms. The van der Waals surface area contributed by atoms with E-state index in [4.69, 9.17) is 18.9 Å². The average molecular weight is 801 g/mol. The fourth-order valence-corrected chi connectivity index (χ4v) is 7.59. The van der Waals surface area contributed by atoms with Gasteiger partial charge in [0.25, 0.3) is 0 Å². The zero-order chi connectivity index (χ0) is 41.5. The summed E-state index contributed by atoms with van der Waals surface area (Å²) in [6.07, 6.45) is 11.9. The Kier molecular flexibility index (Phi) is 14.9. The topological polar surface area (TPSA) is 71.1 Å². The van der Waals surface area contributed by atoms with Crippen molar-refractivity contribution in [1.29, 1.82) is 0 Å². The molecule has 0 atom stereocenters. The fourth-order valence-electron chi connectivity index (χ4n) is 7.59. The van der Waals surface area contributed by atoms with Crippen LogP contribution in [0.2, 0.25) is 0 Å². The van der Waals surface area contributed by atoms with E-state index in [-0.39, 0.29) is 0 Å². The largest absolute Gasteiger partial charge is 0.494 e. The zero-order valence-electron chi connectivity index (χ0n) is 35.1. The number of rotatable bonds is 18. The molecule has 0 unspecified atom stereocenters. The Morgan fingerprint density at radius 3 is 1.07 bits per heavy atom. The highest BCUT2D eigenvalue weighted by Gasteiger charge is 2.23. The summed E-state index contributed by atoms with van der Waals surface area (Å²) < 4.78 is 23.8. The summed E-state index contributed by atoms with van der Waals surface area (Å²) in [6.45, 7) is 5.87. The number of aryl methyl sites for hydroxylation is 4. The number of carbonyl (C=O) groups is 2. The van der Waals surface area contributed by atoms with Crippen LogP contribution in [0.1, 0.15) is 108 Å². The van der Waals surface area contributed by atoms with Gasteiger partial charge in [0.1, 0.15) is 23.0 Å². The van der Waals surface area contributed by atoms with E-state index in [1.165, 1.54) is 49.7 Å². The van der Waals surface area contributed by atoms with Crippen molar-refractivity contribution in [1.82, 2.24) is 0 Å². The number of benzene rings is 6. The van der Waals surface area contributed by atoms with Gasteiger partial charge in [-0.25, -0.2) is 9.59 Å². The van der Waals surface area contributed by atoms with Gasteiger partial charge >= 0.3 is 11.9 Å². The first-order valence-corrected chi connectivity index (χ1v) is 21.8. The SMILES string of the molecule is CCCCCCOc1ccc(-c2ccc(OC(=O)c3cc4c(C(=O)Oc5ccc(-c6ccc(OCCCCCC)cc6)cc5)cc3CCc3ccc(cc3)CC4)cc2)cc1. The molecule has 0 fully saturated rings.